The van der Waals surface area contributed by atoms with E-state index in [9.17, 15) is 15.0 Å². The minimum absolute atomic E-state index is 0.0209. The number of para-hydroxylation sites is 2. The molecule has 4 nitrogen and oxygen atoms in total. The molecule has 2 N–H and O–H groups in total. The van der Waals surface area contributed by atoms with Crippen LogP contribution in [0.5, 0.6) is 11.5 Å². The van der Waals surface area contributed by atoms with Gasteiger partial charge in [-0.1, -0.05) is 36.4 Å². The van der Waals surface area contributed by atoms with Crippen LogP contribution in [0.3, 0.4) is 0 Å². The zero-order valence-corrected chi connectivity index (χ0v) is 9.98. The van der Waals surface area contributed by atoms with Crippen LogP contribution in [0.1, 0.15) is 23.3 Å². The lowest BCUT2D eigenvalue weighted by Gasteiger charge is -2.28. The largest absolute Gasteiger partial charge is 0.508 e. The highest BCUT2D eigenvalue weighted by Crippen LogP contribution is 2.40. The Morgan fingerprint density at radius 1 is 0.947 bits per heavy atom. The third kappa shape index (κ3) is 1.86. The zero-order valence-electron chi connectivity index (χ0n) is 9.98. The molecule has 96 valence electrons. The number of benzene rings is 2. The Bertz CT molecular complexity index is 636. The lowest BCUT2D eigenvalue weighted by Crippen LogP contribution is -2.29. The van der Waals surface area contributed by atoms with Gasteiger partial charge in [0.2, 0.25) is 5.78 Å². The van der Waals surface area contributed by atoms with Gasteiger partial charge in [0.05, 0.1) is 0 Å². The third-order valence-electron chi connectivity index (χ3n) is 3.21. The van der Waals surface area contributed by atoms with Gasteiger partial charge < -0.3 is 14.9 Å². The first-order valence-corrected chi connectivity index (χ1v) is 5.94. The van der Waals surface area contributed by atoms with Crippen LogP contribution in [0, 0.1) is 0 Å². The van der Waals surface area contributed by atoms with E-state index in [1.54, 1.807) is 42.5 Å². The molecule has 2 atom stereocenters. The maximum absolute atomic E-state index is 12.2. The second kappa shape index (κ2) is 4.40. The zero-order chi connectivity index (χ0) is 13.4. The van der Waals surface area contributed by atoms with E-state index in [2.05, 4.69) is 0 Å². The van der Waals surface area contributed by atoms with Gasteiger partial charge in [-0.2, -0.15) is 0 Å². The van der Waals surface area contributed by atoms with E-state index in [1.807, 2.05) is 0 Å². The molecule has 1 aliphatic rings. The van der Waals surface area contributed by atoms with Crippen LogP contribution in [0.2, 0.25) is 0 Å². The van der Waals surface area contributed by atoms with Crippen molar-refractivity contribution in [3.05, 3.63) is 59.7 Å². The lowest BCUT2D eigenvalue weighted by molar-refractivity contribution is -0.137. The van der Waals surface area contributed by atoms with Crippen LogP contribution in [-0.4, -0.2) is 16.0 Å². The standard InChI is InChI=1S/C15H12O4/c16-11-7-3-1-5-9(11)15-14(18)13(17)10-6-2-4-8-12(10)19-15/h1-8,13,15-17H. The number of carbonyl (C=O) groups is 1. The Morgan fingerprint density at radius 3 is 2.32 bits per heavy atom. The molecular formula is C15H12O4. The fourth-order valence-corrected chi connectivity index (χ4v) is 2.22. The second-order valence-corrected chi connectivity index (χ2v) is 4.40. The smallest absolute Gasteiger partial charge is 0.211 e. The van der Waals surface area contributed by atoms with E-state index in [0.29, 0.717) is 16.9 Å². The minimum atomic E-state index is -1.23. The molecule has 2 aromatic carbocycles. The highest BCUT2D eigenvalue weighted by molar-refractivity contribution is 5.92. The van der Waals surface area contributed by atoms with Gasteiger partial charge in [-0.05, 0) is 12.1 Å². The van der Waals surface area contributed by atoms with Crippen LogP contribution < -0.4 is 4.74 Å². The van der Waals surface area contributed by atoms with Crippen molar-refractivity contribution in [3.63, 3.8) is 0 Å². The number of aliphatic hydroxyl groups is 1. The van der Waals surface area contributed by atoms with E-state index in [-0.39, 0.29) is 5.75 Å². The van der Waals surface area contributed by atoms with E-state index in [0.717, 1.165) is 0 Å². The quantitative estimate of drug-likeness (QED) is 0.820. The van der Waals surface area contributed by atoms with Crippen molar-refractivity contribution in [3.8, 4) is 11.5 Å². The number of hydrogen-bond donors (Lipinski definition) is 2. The van der Waals surface area contributed by atoms with Gasteiger partial charge in [-0.3, -0.25) is 4.79 Å². The van der Waals surface area contributed by atoms with E-state index < -0.39 is 18.0 Å². The van der Waals surface area contributed by atoms with Gasteiger partial charge in [0.25, 0.3) is 0 Å². The van der Waals surface area contributed by atoms with E-state index in [4.69, 9.17) is 4.74 Å². The molecule has 0 bridgehead atoms. The Labute approximate surface area is 109 Å². The van der Waals surface area contributed by atoms with Crippen LogP contribution in [0.25, 0.3) is 0 Å². The second-order valence-electron chi connectivity index (χ2n) is 4.40. The van der Waals surface area contributed by atoms with Crippen molar-refractivity contribution < 1.29 is 19.7 Å². The summed E-state index contributed by atoms with van der Waals surface area (Å²) in [6.45, 7) is 0. The Balaban J connectivity index is 2.07. The summed E-state index contributed by atoms with van der Waals surface area (Å²) >= 11 is 0. The monoisotopic (exact) mass is 256 g/mol. The lowest BCUT2D eigenvalue weighted by atomic mass is 9.93. The fraction of sp³-hybridized carbons (Fsp3) is 0.133. The van der Waals surface area contributed by atoms with E-state index >= 15 is 0 Å². The summed E-state index contributed by atoms with van der Waals surface area (Å²) in [7, 11) is 0. The number of fused-ring (bicyclic) bond motifs is 1. The number of aliphatic hydroxyl groups excluding tert-OH is 1. The number of Topliss-reactive ketones (excluding diaryl/α,β-unsaturated/α-hetero) is 1. The first kappa shape index (κ1) is 11.7. The normalized spacial score (nSPS) is 21.6. The fourth-order valence-electron chi connectivity index (χ4n) is 2.22. The molecule has 0 fully saturated rings. The molecular weight excluding hydrogens is 244 g/mol. The first-order chi connectivity index (χ1) is 9.18. The molecule has 2 unspecified atom stereocenters. The average molecular weight is 256 g/mol. The molecule has 19 heavy (non-hydrogen) atoms. The summed E-state index contributed by atoms with van der Waals surface area (Å²) in [5.74, 6) is -0.0320. The number of aromatic hydroxyl groups is 1. The molecule has 2 aromatic rings. The molecule has 0 saturated heterocycles. The van der Waals surface area contributed by atoms with Gasteiger partial charge in [0.1, 0.15) is 17.6 Å². The van der Waals surface area contributed by atoms with Gasteiger partial charge in [-0.25, -0.2) is 0 Å². The molecule has 1 heterocycles. The minimum Gasteiger partial charge on any atom is -0.508 e. The number of rotatable bonds is 1. The Morgan fingerprint density at radius 2 is 1.58 bits per heavy atom. The molecule has 0 amide bonds. The number of ether oxygens (including phenoxy) is 1. The number of ketones is 1. The number of hydrogen-bond acceptors (Lipinski definition) is 4. The maximum Gasteiger partial charge on any atom is 0.211 e. The molecule has 0 aromatic heterocycles. The molecule has 1 aliphatic heterocycles. The number of phenolic OH excluding ortho intramolecular Hbond substituents is 1. The molecule has 0 spiro atoms. The van der Waals surface area contributed by atoms with Gasteiger partial charge >= 0.3 is 0 Å². The molecule has 4 heteroatoms. The van der Waals surface area contributed by atoms with Crippen molar-refractivity contribution in [1.29, 1.82) is 0 Å². The van der Waals surface area contributed by atoms with Crippen molar-refractivity contribution in [2.75, 3.05) is 0 Å². The predicted molar refractivity (Wildman–Crippen MR) is 67.9 cm³/mol. The highest BCUT2D eigenvalue weighted by Gasteiger charge is 2.37. The molecule has 0 saturated carbocycles. The van der Waals surface area contributed by atoms with Crippen LogP contribution in [0.4, 0.5) is 0 Å². The summed E-state index contributed by atoms with van der Waals surface area (Å²) < 4.78 is 5.61. The number of phenols is 1. The van der Waals surface area contributed by atoms with Crippen LogP contribution in [-0.2, 0) is 4.79 Å². The summed E-state index contributed by atoms with van der Waals surface area (Å²) in [5.41, 5.74) is 0.820. The predicted octanol–water partition coefficient (Wildman–Crippen LogP) is 2.13. The summed E-state index contributed by atoms with van der Waals surface area (Å²) in [5, 5.41) is 19.8. The number of carbonyl (C=O) groups excluding carboxylic acids is 1. The summed E-state index contributed by atoms with van der Waals surface area (Å²) in [6.07, 6.45) is -2.21. The van der Waals surface area contributed by atoms with Gasteiger partial charge in [0.15, 0.2) is 6.10 Å². The summed E-state index contributed by atoms with van der Waals surface area (Å²) in [6, 6.07) is 13.3. The maximum atomic E-state index is 12.2. The molecule has 0 aliphatic carbocycles. The Hall–Kier alpha value is -2.33. The van der Waals surface area contributed by atoms with Crippen LogP contribution in [0.15, 0.2) is 48.5 Å². The molecule has 0 radical (unpaired) electrons. The Kier molecular flexibility index (Phi) is 2.72. The SMILES string of the molecule is O=C1C(O)c2ccccc2OC1c1ccccc1O. The van der Waals surface area contributed by atoms with Crippen molar-refractivity contribution in [1.82, 2.24) is 0 Å². The third-order valence-corrected chi connectivity index (χ3v) is 3.21. The van der Waals surface area contributed by atoms with Crippen molar-refractivity contribution >= 4 is 5.78 Å². The van der Waals surface area contributed by atoms with E-state index in [1.165, 1.54) is 6.07 Å². The van der Waals surface area contributed by atoms with Crippen LogP contribution >= 0.6 is 0 Å². The topological polar surface area (TPSA) is 66.8 Å². The summed E-state index contributed by atoms with van der Waals surface area (Å²) in [4.78, 5) is 12.2. The molecule has 3 rings (SSSR count). The van der Waals surface area contributed by atoms with Gasteiger partial charge in [-0.15, -0.1) is 0 Å². The first-order valence-electron chi connectivity index (χ1n) is 5.94. The van der Waals surface area contributed by atoms with Crippen molar-refractivity contribution in [2.45, 2.75) is 12.2 Å². The van der Waals surface area contributed by atoms with Gasteiger partial charge in [0, 0.05) is 11.1 Å². The van der Waals surface area contributed by atoms with Crippen molar-refractivity contribution in [2.24, 2.45) is 0 Å². The highest BCUT2D eigenvalue weighted by atomic mass is 16.5. The average Bonchev–Trinajstić information content (AvgIpc) is 2.44.